The molecule has 0 saturated heterocycles. The van der Waals surface area contributed by atoms with E-state index in [-0.39, 0.29) is 22.1 Å². The molecule has 0 bridgehead atoms. The Morgan fingerprint density at radius 2 is 1.71 bits per heavy atom. The predicted octanol–water partition coefficient (Wildman–Crippen LogP) is 5.37. The summed E-state index contributed by atoms with van der Waals surface area (Å²) in [5, 5.41) is 13.5. The lowest BCUT2D eigenvalue weighted by molar-refractivity contribution is 0.0697. The van der Waals surface area contributed by atoms with Gasteiger partial charge in [0.05, 0.1) is 21.5 Å². The van der Waals surface area contributed by atoms with Crippen molar-refractivity contribution in [3.05, 3.63) is 70.1 Å². The molecule has 1 aliphatic carbocycles. The number of thiophene rings is 1. The molecule has 35 heavy (non-hydrogen) atoms. The van der Waals surface area contributed by atoms with Crippen molar-refractivity contribution in [3.8, 4) is 0 Å². The molecule has 1 unspecified atom stereocenters. The van der Waals surface area contributed by atoms with Crippen LogP contribution in [-0.4, -0.2) is 29.5 Å². The maximum Gasteiger partial charge on any atom is 0.339 e. The SMILES string of the molecule is Cc1ccccc1S(=O)(=O)Nc1nc2ccccc2nc1Nc1sc2c(c1C(=O)O)CCC(C)C2. The molecule has 1 aliphatic rings. The molecule has 4 aromatic rings. The lowest BCUT2D eigenvalue weighted by Crippen LogP contribution is -2.17. The molecule has 1 atom stereocenters. The third-order valence-electron chi connectivity index (χ3n) is 6.14. The zero-order valence-electron chi connectivity index (χ0n) is 19.2. The number of aryl methyl sites for hydroxylation is 1. The summed E-state index contributed by atoms with van der Waals surface area (Å²) in [6.07, 6.45) is 2.45. The number of sulfonamides is 1. The molecule has 0 spiro atoms. The van der Waals surface area contributed by atoms with Gasteiger partial charge in [0.1, 0.15) is 5.00 Å². The van der Waals surface area contributed by atoms with Crippen LogP contribution in [-0.2, 0) is 22.9 Å². The Morgan fingerprint density at radius 1 is 1.06 bits per heavy atom. The van der Waals surface area contributed by atoms with E-state index in [0.717, 1.165) is 23.3 Å². The monoisotopic (exact) mass is 508 g/mol. The first-order chi connectivity index (χ1) is 16.7. The summed E-state index contributed by atoms with van der Waals surface area (Å²) in [6, 6.07) is 13.8. The molecular formula is C25H24N4O4S2. The molecule has 8 nitrogen and oxygen atoms in total. The number of aromatic nitrogens is 2. The Bertz CT molecular complexity index is 1560. The number of nitrogens with zero attached hydrogens (tertiary/aromatic N) is 2. The second-order valence-corrected chi connectivity index (χ2v) is 11.5. The minimum Gasteiger partial charge on any atom is -0.478 e. The third-order valence-corrected chi connectivity index (χ3v) is 8.81. The fraction of sp³-hybridized carbons (Fsp3) is 0.240. The minimum atomic E-state index is -3.97. The number of aromatic carboxylic acids is 1. The van der Waals surface area contributed by atoms with Gasteiger partial charge in [-0.1, -0.05) is 37.3 Å². The molecule has 3 N–H and O–H groups in total. The molecule has 0 saturated carbocycles. The lowest BCUT2D eigenvalue weighted by Gasteiger charge is -2.17. The molecule has 10 heteroatoms. The Hall–Kier alpha value is -3.50. The highest BCUT2D eigenvalue weighted by molar-refractivity contribution is 7.92. The Kier molecular flexibility index (Phi) is 5.94. The van der Waals surface area contributed by atoms with E-state index in [1.165, 1.54) is 17.4 Å². The second kappa shape index (κ2) is 8.94. The summed E-state index contributed by atoms with van der Waals surface area (Å²) in [5.74, 6) is -0.388. The van der Waals surface area contributed by atoms with Gasteiger partial charge >= 0.3 is 5.97 Å². The van der Waals surface area contributed by atoms with E-state index in [1.54, 1.807) is 43.3 Å². The largest absolute Gasteiger partial charge is 0.478 e. The number of hydrogen-bond acceptors (Lipinski definition) is 7. The molecular weight excluding hydrogens is 484 g/mol. The van der Waals surface area contributed by atoms with Crippen LogP contribution in [0.1, 0.15) is 39.7 Å². The van der Waals surface area contributed by atoms with Gasteiger partial charge in [-0.25, -0.2) is 23.2 Å². The van der Waals surface area contributed by atoms with Gasteiger partial charge in [-0.3, -0.25) is 4.72 Å². The lowest BCUT2D eigenvalue weighted by atomic mass is 9.88. The third kappa shape index (κ3) is 4.46. The fourth-order valence-electron chi connectivity index (χ4n) is 4.37. The molecule has 0 amide bonds. The number of carboxylic acid groups (broad SMARTS) is 1. The number of fused-ring (bicyclic) bond motifs is 2. The Labute approximate surface area is 207 Å². The Balaban J connectivity index is 1.62. The van der Waals surface area contributed by atoms with Crippen molar-refractivity contribution in [3.63, 3.8) is 0 Å². The number of carbonyl (C=O) groups is 1. The highest BCUT2D eigenvalue weighted by Gasteiger charge is 2.29. The number of hydrogen-bond donors (Lipinski definition) is 3. The van der Waals surface area contributed by atoms with Crippen LogP contribution in [0.2, 0.25) is 0 Å². The Morgan fingerprint density at radius 3 is 2.40 bits per heavy atom. The first-order valence-electron chi connectivity index (χ1n) is 11.2. The smallest absolute Gasteiger partial charge is 0.339 e. The highest BCUT2D eigenvalue weighted by Crippen LogP contribution is 2.41. The quantitative estimate of drug-likeness (QED) is 0.320. The fourth-order valence-corrected chi connectivity index (χ4v) is 7.03. The van der Waals surface area contributed by atoms with Gasteiger partial charge in [-0.15, -0.1) is 11.3 Å². The van der Waals surface area contributed by atoms with Crippen molar-refractivity contribution in [2.75, 3.05) is 10.0 Å². The van der Waals surface area contributed by atoms with Crippen molar-refractivity contribution in [1.82, 2.24) is 9.97 Å². The van der Waals surface area contributed by atoms with E-state index in [1.807, 2.05) is 6.07 Å². The number of benzene rings is 2. The molecule has 180 valence electrons. The highest BCUT2D eigenvalue weighted by atomic mass is 32.2. The standard InChI is InChI=1S/C25H24N4O4S2/c1-14-11-12-16-19(13-14)34-24(21(16)25(30)31)28-22-23(27-18-9-5-4-8-17(18)26-22)29-35(32,33)20-10-6-3-7-15(20)2/h3-10,14H,11-13H2,1-2H3,(H,26,28)(H,27,29)(H,30,31). The van der Waals surface area contributed by atoms with Crippen LogP contribution in [0.5, 0.6) is 0 Å². The minimum absolute atomic E-state index is 0.00281. The molecule has 0 fully saturated rings. The first kappa shape index (κ1) is 23.3. The van der Waals surface area contributed by atoms with Crippen molar-refractivity contribution in [1.29, 1.82) is 0 Å². The van der Waals surface area contributed by atoms with Gasteiger partial charge in [0, 0.05) is 4.88 Å². The number of rotatable bonds is 6. The van der Waals surface area contributed by atoms with Crippen LogP contribution in [0.4, 0.5) is 16.6 Å². The van der Waals surface area contributed by atoms with Crippen LogP contribution in [0, 0.1) is 12.8 Å². The van der Waals surface area contributed by atoms with Crippen molar-refractivity contribution in [2.24, 2.45) is 5.92 Å². The van der Waals surface area contributed by atoms with Crippen LogP contribution in [0.25, 0.3) is 11.0 Å². The van der Waals surface area contributed by atoms with E-state index >= 15 is 0 Å². The summed E-state index contributed by atoms with van der Waals surface area (Å²) in [5.41, 5.74) is 2.73. The number of carboxylic acids is 1. The molecule has 0 aliphatic heterocycles. The van der Waals surface area contributed by atoms with Crippen molar-refractivity contribution < 1.29 is 18.3 Å². The summed E-state index contributed by atoms with van der Waals surface area (Å²) >= 11 is 1.38. The topological polar surface area (TPSA) is 121 Å². The summed E-state index contributed by atoms with van der Waals surface area (Å²) in [6.45, 7) is 3.87. The van der Waals surface area contributed by atoms with Gasteiger partial charge < -0.3 is 10.4 Å². The zero-order valence-corrected chi connectivity index (χ0v) is 20.8. The maximum atomic E-state index is 13.2. The zero-order chi connectivity index (χ0) is 24.7. The first-order valence-corrected chi connectivity index (χ1v) is 13.5. The summed E-state index contributed by atoms with van der Waals surface area (Å²) < 4.78 is 29.0. The van der Waals surface area contributed by atoms with Gasteiger partial charge in [-0.2, -0.15) is 0 Å². The number of anilines is 3. The summed E-state index contributed by atoms with van der Waals surface area (Å²) in [4.78, 5) is 22.5. The number of para-hydroxylation sites is 2. The van der Waals surface area contributed by atoms with E-state index in [0.29, 0.717) is 33.9 Å². The van der Waals surface area contributed by atoms with Crippen LogP contribution < -0.4 is 10.0 Å². The van der Waals surface area contributed by atoms with Crippen LogP contribution >= 0.6 is 11.3 Å². The van der Waals surface area contributed by atoms with Gasteiger partial charge in [0.2, 0.25) is 0 Å². The van der Waals surface area contributed by atoms with Gasteiger partial charge in [0.25, 0.3) is 10.0 Å². The molecule has 2 aromatic carbocycles. The van der Waals surface area contributed by atoms with E-state index in [9.17, 15) is 18.3 Å². The maximum absolute atomic E-state index is 13.2. The van der Waals surface area contributed by atoms with E-state index < -0.39 is 16.0 Å². The molecule has 0 radical (unpaired) electrons. The average molecular weight is 509 g/mol. The normalized spacial score (nSPS) is 15.5. The molecule has 5 rings (SSSR count). The van der Waals surface area contributed by atoms with Crippen molar-refractivity contribution >= 4 is 55.0 Å². The molecule has 2 aromatic heterocycles. The molecule has 2 heterocycles. The van der Waals surface area contributed by atoms with Crippen LogP contribution in [0.3, 0.4) is 0 Å². The number of nitrogens with one attached hydrogen (secondary N) is 2. The summed E-state index contributed by atoms with van der Waals surface area (Å²) in [7, 11) is -3.97. The van der Waals surface area contributed by atoms with E-state index in [2.05, 4.69) is 26.9 Å². The van der Waals surface area contributed by atoms with Crippen molar-refractivity contribution in [2.45, 2.75) is 38.0 Å². The van der Waals surface area contributed by atoms with E-state index in [4.69, 9.17) is 0 Å². The predicted molar refractivity (Wildman–Crippen MR) is 137 cm³/mol. The van der Waals surface area contributed by atoms with Crippen LogP contribution in [0.15, 0.2) is 53.4 Å². The average Bonchev–Trinajstić information content (AvgIpc) is 3.16. The van der Waals surface area contributed by atoms with Gasteiger partial charge in [0.15, 0.2) is 11.6 Å². The van der Waals surface area contributed by atoms with Gasteiger partial charge in [-0.05, 0) is 61.4 Å². The second-order valence-electron chi connectivity index (χ2n) is 8.77.